The first-order valence-corrected chi connectivity index (χ1v) is 29.6. The molecule has 7 aromatic rings. The highest BCUT2D eigenvalue weighted by Crippen LogP contribution is 2.55. The van der Waals surface area contributed by atoms with Gasteiger partial charge in [0.2, 0.25) is 7.49 Å². The van der Waals surface area contributed by atoms with Crippen LogP contribution >= 0.6 is 15.9 Å². The fourth-order valence-electron chi connectivity index (χ4n) is 9.83. The maximum absolute atomic E-state index is 13.9. The van der Waals surface area contributed by atoms with E-state index >= 15 is 0 Å². The molecule has 0 aliphatic rings. The van der Waals surface area contributed by atoms with E-state index in [-0.39, 0.29) is 32.5 Å². The Kier molecular flexibility index (Phi) is 15.7. The molecule has 1 N–H and O–H groups in total. The molecule has 1 atom stereocenters. The SMILES string of the molecule is Cc1cc(C(C)(C)C)cc(C(C)(C)C)c1OP(Oc1c(C)cc(C(C)(C)C)cc1C(C)(C)C)c1ccc(-c2ccc([P+](O)(c3ccc(-c4ccccc4)cc3)c3c(C)cc(C(C)(C)C)cc3C(C)(C)C)cc2)cc1. The highest BCUT2D eigenvalue weighted by atomic mass is 31.2. The minimum atomic E-state index is -3.18. The van der Waals surface area contributed by atoms with E-state index in [1.54, 1.807) is 0 Å². The highest BCUT2D eigenvalue weighted by molar-refractivity contribution is 7.91. The van der Waals surface area contributed by atoms with Gasteiger partial charge in [-0.3, -0.25) is 0 Å². The molecule has 0 fully saturated rings. The van der Waals surface area contributed by atoms with Gasteiger partial charge >= 0.3 is 8.38 Å². The third-order valence-corrected chi connectivity index (χ3v) is 19.3. The average Bonchev–Trinajstić information content (AvgIpc) is 3.30. The van der Waals surface area contributed by atoms with Crippen molar-refractivity contribution in [2.24, 2.45) is 0 Å². The largest absolute Gasteiger partial charge is 0.435 e. The van der Waals surface area contributed by atoms with E-state index < -0.39 is 15.9 Å². The maximum atomic E-state index is 13.9. The summed E-state index contributed by atoms with van der Waals surface area (Å²) >= 11 is 0. The van der Waals surface area contributed by atoms with Crippen LogP contribution in [0, 0.1) is 20.8 Å². The molecule has 0 aromatic heterocycles. The van der Waals surface area contributed by atoms with Crippen LogP contribution < -0.4 is 30.3 Å². The van der Waals surface area contributed by atoms with Crippen molar-refractivity contribution in [3.05, 3.63) is 190 Å². The van der Waals surface area contributed by atoms with Crippen molar-refractivity contribution in [2.75, 3.05) is 0 Å². The topological polar surface area (TPSA) is 38.7 Å². The van der Waals surface area contributed by atoms with E-state index in [0.29, 0.717) is 0 Å². The van der Waals surface area contributed by atoms with E-state index in [0.717, 1.165) is 71.7 Å². The first-order valence-electron chi connectivity index (χ1n) is 26.7. The van der Waals surface area contributed by atoms with E-state index in [2.05, 4.69) is 279 Å². The van der Waals surface area contributed by atoms with Crippen LogP contribution in [0.1, 0.15) is 175 Å². The van der Waals surface area contributed by atoms with Crippen molar-refractivity contribution in [3.8, 4) is 33.8 Å². The van der Waals surface area contributed by atoms with E-state index in [1.807, 2.05) is 6.07 Å². The van der Waals surface area contributed by atoms with Gasteiger partial charge in [0.05, 0.1) is 5.30 Å². The lowest BCUT2D eigenvalue weighted by Gasteiger charge is -2.32. The van der Waals surface area contributed by atoms with Gasteiger partial charge in [0.15, 0.2) is 0 Å². The third-order valence-electron chi connectivity index (χ3n) is 14.5. The molecule has 0 aliphatic heterocycles. The Morgan fingerprint density at radius 1 is 0.351 bits per heavy atom. The summed E-state index contributed by atoms with van der Waals surface area (Å²) in [6.07, 6.45) is 0. The molecule has 0 heterocycles. The lowest BCUT2D eigenvalue weighted by molar-refractivity contribution is 0.462. The fraction of sp³-hybridized carbons (Fsp3) is 0.391. The van der Waals surface area contributed by atoms with Gasteiger partial charge in [-0.15, -0.1) is 0 Å². The first-order chi connectivity index (χ1) is 34.1. The van der Waals surface area contributed by atoms with Crippen molar-refractivity contribution in [1.82, 2.24) is 0 Å². The van der Waals surface area contributed by atoms with Gasteiger partial charge in [-0.25, -0.2) is 4.89 Å². The van der Waals surface area contributed by atoms with Crippen LogP contribution in [0.25, 0.3) is 22.3 Å². The lowest BCUT2D eigenvalue weighted by Crippen LogP contribution is -2.37. The van der Waals surface area contributed by atoms with E-state index in [4.69, 9.17) is 9.05 Å². The van der Waals surface area contributed by atoms with Crippen LogP contribution in [0.15, 0.2) is 140 Å². The molecule has 0 bridgehead atoms. The van der Waals surface area contributed by atoms with Crippen LogP contribution in [0.3, 0.4) is 0 Å². The molecule has 5 heteroatoms. The first kappa shape index (κ1) is 56.7. The quantitative estimate of drug-likeness (QED) is 0.139. The highest BCUT2D eigenvalue weighted by Gasteiger charge is 2.49. The summed E-state index contributed by atoms with van der Waals surface area (Å²) in [5, 5.41) is 3.90. The second kappa shape index (κ2) is 20.5. The predicted octanol–water partition coefficient (Wildman–Crippen LogP) is 18.0. The van der Waals surface area contributed by atoms with Gasteiger partial charge in [0.25, 0.3) is 0 Å². The predicted molar refractivity (Wildman–Crippen MR) is 325 cm³/mol. The minimum absolute atomic E-state index is 0.0212. The van der Waals surface area contributed by atoms with Gasteiger partial charge < -0.3 is 9.05 Å². The molecule has 0 saturated heterocycles. The fourth-order valence-corrected chi connectivity index (χ4v) is 14.6. The minimum Gasteiger partial charge on any atom is -0.435 e. The Hall–Kier alpha value is -5.04. The summed E-state index contributed by atoms with van der Waals surface area (Å²) in [5.41, 5.74) is 14.5. The normalized spacial score (nSPS) is 13.8. The number of hydrogen-bond acceptors (Lipinski definition) is 3. The molecule has 74 heavy (non-hydrogen) atoms. The van der Waals surface area contributed by atoms with Crippen LogP contribution in [0.2, 0.25) is 0 Å². The molecule has 0 amide bonds. The monoisotopic (exact) mass is 1030 g/mol. The van der Waals surface area contributed by atoms with Crippen LogP contribution in [0.4, 0.5) is 0 Å². The van der Waals surface area contributed by atoms with Crippen LogP contribution in [-0.4, -0.2) is 4.89 Å². The number of hydrogen-bond donors (Lipinski definition) is 1. The number of rotatable bonds is 10. The van der Waals surface area contributed by atoms with Gasteiger partial charge in [-0.1, -0.05) is 228 Å². The van der Waals surface area contributed by atoms with E-state index in [1.165, 1.54) is 33.4 Å². The molecular formula is C69H87O3P2+. The number of benzene rings is 7. The van der Waals surface area contributed by atoms with E-state index in [9.17, 15) is 4.89 Å². The van der Waals surface area contributed by atoms with Crippen LogP contribution in [0.5, 0.6) is 11.5 Å². The average molecular weight is 1030 g/mol. The van der Waals surface area contributed by atoms with Crippen molar-refractivity contribution < 1.29 is 13.9 Å². The summed E-state index contributed by atoms with van der Waals surface area (Å²) in [5.74, 6) is 1.78. The van der Waals surface area contributed by atoms with Gasteiger partial charge in [-0.05, 0) is 145 Å². The molecule has 1 unspecified atom stereocenters. The third kappa shape index (κ3) is 12.1. The van der Waals surface area contributed by atoms with Crippen molar-refractivity contribution >= 4 is 37.1 Å². The molecule has 7 rings (SSSR count). The van der Waals surface area contributed by atoms with Crippen LogP contribution in [-0.2, 0) is 32.5 Å². The molecular weight excluding hydrogens is 939 g/mol. The summed E-state index contributed by atoms with van der Waals surface area (Å²) in [6.45, 7) is 47.5. The Morgan fingerprint density at radius 2 is 0.662 bits per heavy atom. The lowest BCUT2D eigenvalue weighted by atomic mass is 9.79. The molecule has 390 valence electrons. The number of aryl methyl sites for hydroxylation is 3. The zero-order chi connectivity index (χ0) is 54.7. The summed E-state index contributed by atoms with van der Waals surface area (Å²) < 4.78 is 14.8. The van der Waals surface area contributed by atoms with Gasteiger partial charge in [0.1, 0.15) is 27.4 Å². The molecule has 0 radical (unpaired) electrons. The van der Waals surface area contributed by atoms with Gasteiger partial charge in [0, 0.05) is 16.7 Å². The molecule has 0 spiro atoms. The molecule has 7 aromatic carbocycles. The van der Waals surface area contributed by atoms with Gasteiger partial charge in [-0.2, -0.15) is 0 Å². The van der Waals surface area contributed by atoms with Crippen molar-refractivity contribution in [1.29, 1.82) is 0 Å². The summed E-state index contributed by atoms with van der Waals surface area (Å²) in [4.78, 5) is 13.9. The molecule has 0 aliphatic carbocycles. The maximum Gasteiger partial charge on any atom is 0.326 e. The Labute approximate surface area is 449 Å². The Balaban J connectivity index is 1.35. The van der Waals surface area contributed by atoms with Crippen molar-refractivity contribution in [3.63, 3.8) is 0 Å². The molecule has 0 saturated carbocycles. The Bertz CT molecular complexity index is 3020. The zero-order valence-electron chi connectivity index (χ0n) is 48.9. The zero-order valence-corrected chi connectivity index (χ0v) is 50.7. The Morgan fingerprint density at radius 3 is 1.00 bits per heavy atom. The smallest absolute Gasteiger partial charge is 0.326 e. The van der Waals surface area contributed by atoms with Crippen molar-refractivity contribution in [2.45, 2.75) is 178 Å². The summed E-state index contributed by atoms with van der Waals surface area (Å²) in [6, 6.07) is 50.6. The molecule has 3 nitrogen and oxygen atoms in total. The second-order valence-corrected chi connectivity index (χ2v) is 31.3. The summed E-state index contributed by atoms with van der Waals surface area (Å²) in [7, 11) is -4.85. The standard InChI is InChI=1S/C69H87O3P2/c1-45-39-52(64(4,5)6)42-58(67(13,14)15)61(45)71-73(72-62-46(2)40-53(65(7,8)9)43-59(62)68(16,17)18)55-33-27-49(28-34-55)51-31-37-57(38-32-51)74(70,56-35-29-50(30-36-56)48-25-23-22-24-26-48)63-47(3)41-54(66(10,11)12)44-60(63)69(19,20)21/h22-44,70H,1-21H3/q+1. The second-order valence-electron chi connectivity index (χ2n) is 27.1.